The molecule has 1 heterocycles. The maximum Gasteiger partial charge on any atom is 0.262 e. The number of rotatable bonds is 7. The first-order valence-electron chi connectivity index (χ1n) is 9.48. The molecule has 1 N–H and O–H groups in total. The Balaban J connectivity index is 1.83. The molecule has 0 aliphatic rings. The summed E-state index contributed by atoms with van der Waals surface area (Å²) in [7, 11) is 0. The van der Waals surface area contributed by atoms with E-state index in [9.17, 15) is 14.4 Å². The van der Waals surface area contributed by atoms with Crippen molar-refractivity contribution in [3.63, 3.8) is 0 Å². The minimum Gasteiger partial charge on any atom is -0.325 e. The summed E-state index contributed by atoms with van der Waals surface area (Å²) in [5.41, 5.74) is 1.45. The fourth-order valence-corrected chi connectivity index (χ4v) is 3.93. The van der Waals surface area contributed by atoms with E-state index in [2.05, 4.69) is 10.3 Å². The van der Waals surface area contributed by atoms with E-state index in [0.29, 0.717) is 38.9 Å². The van der Waals surface area contributed by atoms with Gasteiger partial charge in [-0.15, -0.1) is 0 Å². The van der Waals surface area contributed by atoms with E-state index in [1.54, 1.807) is 47.0 Å². The zero-order valence-corrected chi connectivity index (χ0v) is 18.5. The minimum atomic E-state index is -0.248. The SMILES string of the molecule is CC(=O)c1cccc(NC(=O)CSc2nc3ccc(Cl)cc3c(=O)n2CC(C)C)c1. The first-order valence-corrected chi connectivity index (χ1v) is 10.8. The molecule has 6 nitrogen and oxygen atoms in total. The lowest BCUT2D eigenvalue weighted by atomic mass is 10.1. The van der Waals surface area contributed by atoms with Gasteiger partial charge in [0, 0.05) is 22.8 Å². The number of ketones is 1. The summed E-state index contributed by atoms with van der Waals surface area (Å²) in [6.07, 6.45) is 0. The molecule has 0 saturated heterocycles. The third-order valence-corrected chi connectivity index (χ3v) is 5.53. The largest absolute Gasteiger partial charge is 0.325 e. The fraction of sp³-hybridized carbons (Fsp3) is 0.273. The van der Waals surface area contributed by atoms with Gasteiger partial charge in [0.25, 0.3) is 5.56 Å². The number of thioether (sulfide) groups is 1. The Hall–Kier alpha value is -2.64. The Morgan fingerprint density at radius 3 is 2.67 bits per heavy atom. The topological polar surface area (TPSA) is 81.1 Å². The Labute approximate surface area is 183 Å². The zero-order chi connectivity index (χ0) is 21.8. The summed E-state index contributed by atoms with van der Waals surface area (Å²) in [4.78, 5) is 41.5. The Morgan fingerprint density at radius 2 is 1.97 bits per heavy atom. The summed E-state index contributed by atoms with van der Waals surface area (Å²) in [5.74, 6) is -0.0157. The molecule has 2 aromatic carbocycles. The van der Waals surface area contributed by atoms with Crippen LogP contribution in [0.4, 0.5) is 5.69 Å². The molecule has 0 bridgehead atoms. The van der Waals surface area contributed by atoms with Gasteiger partial charge in [-0.1, -0.05) is 49.3 Å². The normalized spacial score (nSPS) is 11.1. The average Bonchev–Trinajstić information content (AvgIpc) is 2.69. The van der Waals surface area contributed by atoms with Crippen molar-refractivity contribution in [3.8, 4) is 0 Å². The molecule has 3 aromatic rings. The number of Topliss-reactive ketones (excluding diaryl/α,β-unsaturated/α-hetero) is 1. The van der Waals surface area contributed by atoms with E-state index < -0.39 is 0 Å². The van der Waals surface area contributed by atoms with Gasteiger partial charge in [0.2, 0.25) is 5.91 Å². The minimum absolute atomic E-state index is 0.0707. The van der Waals surface area contributed by atoms with Crippen LogP contribution in [0.3, 0.4) is 0 Å². The molecule has 0 saturated carbocycles. The molecule has 0 atom stereocenters. The highest BCUT2D eigenvalue weighted by atomic mass is 35.5. The molecule has 0 radical (unpaired) electrons. The van der Waals surface area contributed by atoms with Crippen molar-refractivity contribution in [1.82, 2.24) is 9.55 Å². The van der Waals surface area contributed by atoms with Crippen molar-refractivity contribution in [2.24, 2.45) is 5.92 Å². The van der Waals surface area contributed by atoms with Crippen molar-refractivity contribution >= 4 is 51.6 Å². The van der Waals surface area contributed by atoms with Crippen LogP contribution in [0.15, 0.2) is 52.4 Å². The summed E-state index contributed by atoms with van der Waals surface area (Å²) in [5, 5.41) is 4.20. The quantitative estimate of drug-likeness (QED) is 0.327. The molecule has 30 heavy (non-hydrogen) atoms. The number of halogens is 1. The maximum absolute atomic E-state index is 13.0. The lowest BCUT2D eigenvalue weighted by Gasteiger charge is -2.15. The average molecular weight is 444 g/mol. The highest BCUT2D eigenvalue weighted by molar-refractivity contribution is 7.99. The molecule has 0 spiro atoms. The van der Waals surface area contributed by atoms with Crippen LogP contribution in [0.2, 0.25) is 5.02 Å². The number of fused-ring (bicyclic) bond motifs is 1. The van der Waals surface area contributed by atoms with Crippen molar-refractivity contribution in [3.05, 3.63) is 63.4 Å². The fourth-order valence-electron chi connectivity index (χ4n) is 2.95. The van der Waals surface area contributed by atoms with Gasteiger partial charge in [0.05, 0.1) is 16.7 Å². The van der Waals surface area contributed by atoms with Crippen LogP contribution in [-0.4, -0.2) is 27.0 Å². The van der Waals surface area contributed by atoms with Crippen LogP contribution >= 0.6 is 23.4 Å². The monoisotopic (exact) mass is 443 g/mol. The molecule has 1 amide bonds. The third-order valence-electron chi connectivity index (χ3n) is 4.31. The molecule has 0 aliphatic heterocycles. The summed E-state index contributed by atoms with van der Waals surface area (Å²) in [6.45, 7) is 5.98. The molecular formula is C22H22ClN3O3S. The van der Waals surface area contributed by atoms with Gasteiger partial charge in [0.15, 0.2) is 10.9 Å². The maximum atomic E-state index is 13.0. The molecule has 3 rings (SSSR count). The second kappa shape index (κ2) is 9.45. The predicted octanol–water partition coefficient (Wildman–Crippen LogP) is 4.64. The lowest BCUT2D eigenvalue weighted by molar-refractivity contribution is -0.113. The number of hydrogen-bond donors (Lipinski definition) is 1. The van der Waals surface area contributed by atoms with Crippen LogP contribution in [0.1, 0.15) is 31.1 Å². The van der Waals surface area contributed by atoms with E-state index in [4.69, 9.17) is 11.6 Å². The molecule has 0 aliphatic carbocycles. The van der Waals surface area contributed by atoms with E-state index in [1.807, 2.05) is 13.8 Å². The first-order chi connectivity index (χ1) is 14.2. The number of benzene rings is 2. The van der Waals surface area contributed by atoms with Crippen LogP contribution in [0, 0.1) is 5.92 Å². The van der Waals surface area contributed by atoms with Gasteiger partial charge in [0.1, 0.15) is 0 Å². The third kappa shape index (κ3) is 5.29. The van der Waals surface area contributed by atoms with Crippen molar-refractivity contribution in [2.75, 3.05) is 11.1 Å². The molecular weight excluding hydrogens is 422 g/mol. The van der Waals surface area contributed by atoms with Gasteiger partial charge in [-0.05, 0) is 43.2 Å². The van der Waals surface area contributed by atoms with Gasteiger partial charge in [-0.3, -0.25) is 19.0 Å². The van der Waals surface area contributed by atoms with Gasteiger partial charge in [-0.2, -0.15) is 0 Å². The standard InChI is InChI=1S/C22H22ClN3O3S/c1-13(2)11-26-21(29)18-10-16(23)7-8-19(18)25-22(26)30-12-20(28)24-17-6-4-5-15(9-17)14(3)27/h4-10,13H,11-12H2,1-3H3,(H,24,28). The summed E-state index contributed by atoms with van der Waals surface area (Å²) >= 11 is 7.24. The molecule has 8 heteroatoms. The lowest BCUT2D eigenvalue weighted by Crippen LogP contribution is -2.26. The highest BCUT2D eigenvalue weighted by Gasteiger charge is 2.15. The van der Waals surface area contributed by atoms with Crippen molar-refractivity contribution in [1.29, 1.82) is 0 Å². The van der Waals surface area contributed by atoms with E-state index in [1.165, 1.54) is 18.7 Å². The Bertz CT molecular complexity index is 1170. The number of nitrogens with zero attached hydrogens (tertiary/aromatic N) is 2. The first kappa shape index (κ1) is 22.1. The zero-order valence-electron chi connectivity index (χ0n) is 16.9. The number of carbonyl (C=O) groups is 2. The van der Waals surface area contributed by atoms with Crippen LogP contribution < -0.4 is 10.9 Å². The molecule has 0 fully saturated rings. The number of carbonyl (C=O) groups excluding carboxylic acids is 2. The van der Waals surface area contributed by atoms with Gasteiger partial charge < -0.3 is 5.32 Å². The van der Waals surface area contributed by atoms with Gasteiger partial charge >= 0.3 is 0 Å². The van der Waals surface area contributed by atoms with Crippen molar-refractivity contribution < 1.29 is 9.59 Å². The number of amides is 1. The van der Waals surface area contributed by atoms with Crippen LogP contribution in [0.5, 0.6) is 0 Å². The van der Waals surface area contributed by atoms with Crippen molar-refractivity contribution in [2.45, 2.75) is 32.5 Å². The summed E-state index contributed by atoms with van der Waals surface area (Å²) < 4.78 is 1.59. The van der Waals surface area contributed by atoms with E-state index >= 15 is 0 Å². The number of anilines is 1. The predicted molar refractivity (Wildman–Crippen MR) is 122 cm³/mol. The Kier molecular flexibility index (Phi) is 6.95. The highest BCUT2D eigenvalue weighted by Crippen LogP contribution is 2.21. The van der Waals surface area contributed by atoms with E-state index in [-0.39, 0.29) is 28.9 Å². The molecule has 0 unspecified atom stereocenters. The summed E-state index contributed by atoms with van der Waals surface area (Å²) in [6, 6.07) is 11.8. The second-order valence-electron chi connectivity index (χ2n) is 7.34. The van der Waals surface area contributed by atoms with Gasteiger partial charge in [-0.25, -0.2) is 4.98 Å². The Morgan fingerprint density at radius 1 is 1.20 bits per heavy atom. The molecule has 1 aromatic heterocycles. The van der Waals surface area contributed by atoms with E-state index in [0.717, 1.165) is 0 Å². The second-order valence-corrected chi connectivity index (χ2v) is 8.72. The number of aromatic nitrogens is 2. The number of hydrogen-bond acceptors (Lipinski definition) is 5. The number of nitrogens with one attached hydrogen (secondary N) is 1. The van der Waals surface area contributed by atoms with Crippen LogP contribution in [0.25, 0.3) is 10.9 Å². The van der Waals surface area contributed by atoms with Crippen LogP contribution in [-0.2, 0) is 11.3 Å². The smallest absolute Gasteiger partial charge is 0.262 e. The molecule has 156 valence electrons.